The van der Waals surface area contributed by atoms with Crippen molar-refractivity contribution in [2.24, 2.45) is 5.73 Å². The third kappa shape index (κ3) is 15.7. The van der Waals surface area contributed by atoms with E-state index in [1.54, 1.807) is 0 Å². The SMILES string of the molecule is NCCCCCCCCCCCCCCCCCCCCCCO[C@]1(C(=O)O)C[C@@H](O)[C@@H](O)[C@@H]([C@H](O)CO)O1. The van der Waals surface area contributed by atoms with Gasteiger partial charge in [0.2, 0.25) is 0 Å². The molecule has 39 heavy (non-hydrogen) atoms. The fraction of sp³-hybridized carbons (Fsp3) is 0.967. The highest BCUT2D eigenvalue weighted by Crippen LogP contribution is 2.33. The van der Waals surface area contributed by atoms with E-state index in [1.807, 2.05) is 0 Å². The van der Waals surface area contributed by atoms with Crippen LogP contribution in [0.25, 0.3) is 0 Å². The molecular formula is C30H59NO8. The summed E-state index contributed by atoms with van der Waals surface area (Å²) in [4.78, 5) is 11.8. The Kier molecular flexibility index (Phi) is 21.2. The third-order valence-electron chi connectivity index (χ3n) is 7.86. The first-order chi connectivity index (χ1) is 18.9. The van der Waals surface area contributed by atoms with Crippen LogP contribution in [-0.4, -0.2) is 81.5 Å². The van der Waals surface area contributed by atoms with Crippen molar-refractivity contribution in [3.63, 3.8) is 0 Å². The Balaban J connectivity index is 1.96. The molecule has 0 radical (unpaired) electrons. The number of unbranched alkanes of at least 4 members (excludes halogenated alkanes) is 19. The average molecular weight is 562 g/mol. The van der Waals surface area contributed by atoms with Crippen molar-refractivity contribution in [1.29, 1.82) is 0 Å². The number of rotatable bonds is 26. The summed E-state index contributed by atoms with van der Waals surface area (Å²) in [6.45, 7) is 0.228. The van der Waals surface area contributed by atoms with E-state index in [1.165, 1.54) is 103 Å². The lowest BCUT2D eigenvalue weighted by molar-refractivity contribution is -0.323. The largest absolute Gasteiger partial charge is 0.477 e. The van der Waals surface area contributed by atoms with E-state index in [0.29, 0.717) is 6.42 Å². The molecule has 0 saturated carbocycles. The van der Waals surface area contributed by atoms with Gasteiger partial charge < -0.3 is 40.7 Å². The van der Waals surface area contributed by atoms with Gasteiger partial charge in [-0.3, -0.25) is 0 Å². The molecule has 0 spiro atoms. The maximum Gasteiger partial charge on any atom is 0.364 e. The van der Waals surface area contributed by atoms with E-state index in [-0.39, 0.29) is 6.61 Å². The molecule has 0 amide bonds. The zero-order valence-electron chi connectivity index (χ0n) is 24.3. The molecule has 0 aromatic rings. The maximum absolute atomic E-state index is 11.8. The Morgan fingerprint density at radius 1 is 0.769 bits per heavy atom. The van der Waals surface area contributed by atoms with Crippen LogP contribution in [0.4, 0.5) is 0 Å². The van der Waals surface area contributed by atoms with Gasteiger partial charge in [-0.1, -0.05) is 116 Å². The van der Waals surface area contributed by atoms with Gasteiger partial charge >= 0.3 is 5.97 Å². The second kappa shape index (κ2) is 22.8. The molecule has 1 aliphatic heterocycles. The number of nitrogens with two attached hydrogens (primary N) is 1. The number of hydrogen-bond acceptors (Lipinski definition) is 8. The monoisotopic (exact) mass is 561 g/mol. The molecular weight excluding hydrogens is 502 g/mol. The summed E-state index contributed by atoms with van der Waals surface area (Å²) in [5.41, 5.74) is 5.52. The molecule has 0 aromatic carbocycles. The van der Waals surface area contributed by atoms with Crippen LogP contribution in [0.1, 0.15) is 135 Å². The van der Waals surface area contributed by atoms with Crippen molar-refractivity contribution >= 4 is 5.97 Å². The van der Waals surface area contributed by atoms with Crippen LogP contribution < -0.4 is 5.73 Å². The fourth-order valence-electron chi connectivity index (χ4n) is 5.32. The molecule has 7 N–H and O–H groups in total. The Hall–Kier alpha value is -0.810. The van der Waals surface area contributed by atoms with Crippen molar-refractivity contribution in [3.8, 4) is 0 Å². The number of carbonyl (C=O) groups is 1. The van der Waals surface area contributed by atoms with Crippen LogP contribution in [0, 0.1) is 0 Å². The highest BCUT2D eigenvalue weighted by atomic mass is 16.7. The lowest BCUT2D eigenvalue weighted by Gasteiger charge is -2.43. The van der Waals surface area contributed by atoms with E-state index in [0.717, 1.165) is 25.8 Å². The smallest absolute Gasteiger partial charge is 0.364 e. The molecule has 5 atom stereocenters. The summed E-state index contributed by atoms with van der Waals surface area (Å²) < 4.78 is 10.9. The predicted molar refractivity (Wildman–Crippen MR) is 152 cm³/mol. The van der Waals surface area contributed by atoms with Gasteiger partial charge in [0.1, 0.15) is 18.3 Å². The van der Waals surface area contributed by atoms with Gasteiger partial charge in [-0.2, -0.15) is 0 Å². The molecule has 1 fully saturated rings. The van der Waals surface area contributed by atoms with Crippen molar-refractivity contribution in [2.45, 2.75) is 165 Å². The van der Waals surface area contributed by atoms with Crippen LogP contribution >= 0.6 is 0 Å². The minimum Gasteiger partial charge on any atom is -0.477 e. The lowest BCUT2D eigenvalue weighted by atomic mass is 9.92. The maximum atomic E-state index is 11.8. The van der Waals surface area contributed by atoms with Crippen molar-refractivity contribution in [3.05, 3.63) is 0 Å². The number of carboxylic acid groups (broad SMARTS) is 1. The van der Waals surface area contributed by atoms with E-state index >= 15 is 0 Å². The Morgan fingerprint density at radius 2 is 1.15 bits per heavy atom. The molecule has 0 bridgehead atoms. The van der Waals surface area contributed by atoms with Crippen LogP contribution in [0.15, 0.2) is 0 Å². The molecule has 0 aliphatic carbocycles. The molecule has 1 heterocycles. The van der Waals surface area contributed by atoms with E-state index in [2.05, 4.69) is 0 Å². The molecule has 232 valence electrons. The van der Waals surface area contributed by atoms with Crippen molar-refractivity contribution < 1.29 is 39.8 Å². The summed E-state index contributed by atoms with van der Waals surface area (Å²) in [5, 5.41) is 48.7. The van der Waals surface area contributed by atoms with Crippen molar-refractivity contribution in [1.82, 2.24) is 0 Å². The van der Waals surface area contributed by atoms with Crippen LogP contribution in [-0.2, 0) is 14.3 Å². The normalized spacial score (nSPS) is 24.2. The van der Waals surface area contributed by atoms with E-state index in [9.17, 15) is 25.2 Å². The van der Waals surface area contributed by atoms with Gasteiger partial charge in [-0.15, -0.1) is 0 Å². The first kappa shape index (κ1) is 36.2. The predicted octanol–water partition coefficient (Wildman–Crippen LogP) is 4.41. The highest BCUT2D eigenvalue weighted by Gasteiger charge is 2.54. The molecule has 1 aliphatic rings. The molecule has 9 heteroatoms. The van der Waals surface area contributed by atoms with Gasteiger partial charge in [-0.25, -0.2) is 4.79 Å². The fourth-order valence-corrected chi connectivity index (χ4v) is 5.32. The number of aliphatic carboxylic acids is 1. The summed E-state index contributed by atoms with van der Waals surface area (Å²) in [7, 11) is 0. The zero-order chi connectivity index (χ0) is 28.8. The van der Waals surface area contributed by atoms with Crippen LogP contribution in [0.5, 0.6) is 0 Å². The third-order valence-corrected chi connectivity index (χ3v) is 7.86. The number of carboxylic acids is 1. The molecule has 1 saturated heterocycles. The average Bonchev–Trinajstić information content (AvgIpc) is 2.92. The van der Waals surface area contributed by atoms with Gasteiger partial charge in [0.25, 0.3) is 5.79 Å². The second-order valence-corrected chi connectivity index (χ2v) is 11.4. The minimum absolute atomic E-state index is 0.131. The molecule has 0 unspecified atom stereocenters. The Morgan fingerprint density at radius 3 is 1.51 bits per heavy atom. The first-order valence-corrected chi connectivity index (χ1v) is 15.8. The van der Waals surface area contributed by atoms with Gasteiger partial charge in [0.15, 0.2) is 0 Å². The zero-order valence-corrected chi connectivity index (χ0v) is 24.3. The summed E-state index contributed by atoms with van der Waals surface area (Å²) >= 11 is 0. The Labute approximate surface area is 236 Å². The topological polar surface area (TPSA) is 163 Å². The van der Waals surface area contributed by atoms with Crippen LogP contribution in [0.2, 0.25) is 0 Å². The summed E-state index contributed by atoms with van der Waals surface area (Å²) in [6.07, 6.45) is 18.6. The minimum atomic E-state index is -2.15. The van der Waals surface area contributed by atoms with Gasteiger partial charge in [0.05, 0.1) is 19.3 Å². The molecule has 9 nitrogen and oxygen atoms in total. The number of hydrogen-bond donors (Lipinski definition) is 6. The van der Waals surface area contributed by atoms with Gasteiger partial charge in [0, 0.05) is 6.42 Å². The summed E-state index contributed by atoms with van der Waals surface area (Å²) in [5.74, 6) is -3.58. The molecule has 0 aromatic heterocycles. The number of aliphatic hydroxyl groups is 4. The lowest BCUT2D eigenvalue weighted by Crippen LogP contribution is -2.62. The molecule has 1 rings (SSSR count). The highest BCUT2D eigenvalue weighted by molar-refractivity contribution is 5.76. The van der Waals surface area contributed by atoms with Crippen molar-refractivity contribution in [2.75, 3.05) is 19.8 Å². The summed E-state index contributed by atoms with van der Waals surface area (Å²) in [6, 6.07) is 0. The van der Waals surface area contributed by atoms with Gasteiger partial charge in [-0.05, 0) is 19.4 Å². The van der Waals surface area contributed by atoms with E-state index < -0.39 is 49.2 Å². The number of aliphatic hydroxyl groups excluding tert-OH is 4. The first-order valence-electron chi connectivity index (χ1n) is 15.8. The quantitative estimate of drug-likeness (QED) is 0.0840. The number of ether oxygens (including phenoxy) is 2. The standard InChI is InChI=1S/C30H59NO8/c31-21-19-17-15-13-11-9-7-5-3-1-2-4-6-8-10-12-14-16-18-20-22-38-30(29(36)37)23-25(33)27(35)28(39-30)26(34)24-32/h25-28,32-35H,1-24,31H2,(H,36,37)/t25-,26-,27-,28-,30-/m1/s1. The van der Waals surface area contributed by atoms with E-state index in [4.69, 9.17) is 20.3 Å². The van der Waals surface area contributed by atoms with Crippen LogP contribution in [0.3, 0.4) is 0 Å². The Bertz CT molecular complexity index is 595. The second-order valence-electron chi connectivity index (χ2n) is 11.4.